The summed E-state index contributed by atoms with van der Waals surface area (Å²) in [6, 6.07) is 9.22. The van der Waals surface area contributed by atoms with Gasteiger partial charge in [-0.05, 0) is 78.9 Å². The van der Waals surface area contributed by atoms with E-state index in [0.717, 1.165) is 19.5 Å². The Morgan fingerprint density at radius 3 is 2.40 bits per heavy atom. The van der Waals surface area contributed by atoms with Gasteiger partial charge < -0.3 is 5.11 Å². The van der Waals surface area contributed by atoms with E-state index in [-0.39, 0.29) is 6.10 Å². The predicted octanol–water partition coefficient (Wildman–Crippen LogP) is 3.77. The molecule has 1 unspecified atom stereocenters. The Kier molecular flexibility index (Phi) is 5.00. The van der Waals surface area contributed by atoms with Gasteiger partial charge >= 0.3 is 0 Å². The van der Waals surface area contributed by atoms with Crippen LogP contribution in [0.25, 0.3) is 0 Å². The van der Waals surface area contributed by atoms with Crippen molar-refractivity contribution in [1.29, 1.82) is 0 Å². The van der Waals surface area contributed by atoms with Gasteiger partial charge in [-0.25, -0.2) is 0 Å². The molecule has 0 bridgehead atoms. The van der Waals surface area contributed by atoms with Crippen LogP contribution in [0.15, 0.2) is 24.3 Å². The van der Waals surface area contributed by atoms with Crippen molar-refractivity contribution in [2.24, 2.45) is 0 Å². The van der Waals surface area contributed by atoms with Gasteiger partial charge in [0.2, 0.25) is 0 Å². The first-order valence-corrected chi connectivity index (χ1v) is 9.00. The third kappa shape index (κ3) is 3.20. The van der Waals surface area contributed by atoms with Crippen LogP contribution >= 0.6 is 22.6 Å². The number of halogens is 1. The fraction of sp³-hybridized carbons (Fsp3) is 0.647. The summed E-state index contributed by atoms with van der Waals surface area (Å²) in [5.74, 6) is 0.708. The van der Waals surface area contributed by atoms with Crippen LogP contribution in [0.1, 0.15) is 50.0 Å². The summed E-state index contributed by atoms with van der Waals surface area (Å²) >= 11 is 2.46. The molecule has 1 saturated carbocycles. The molecule has 1 heterocycles. The lowest BCUT2D eigenvalue weighted by molar-refractivity contribution is 0.00867. The zero-order chi connectivity index (χ0) is 13.9. The zero-order valence-electron chi connectivity index (χ0n) is 12.0. The van der Waals surface area contributed by atoms with Crippen molar-refractivity contribution >= 4 is 22.6 Å². The van der Waals surface area contributed by atoms with Gasteiger partial charge in [0, 0.05) is 9.61 Å². The summed E-state index contributed by atoms with van der Waals surface area (Å²) in [5, 5.41) is 10.2. The minimum absolute atomic E-state index is 0.0860. The first kappa shape index (κ1) is 14.8. The summed E-state index contributed by atoms with van der Waals surface area (Å²) in [4.78, 5) is 2.55. The van der Waals surface area contributed by atoms with Crippen LogP contribution in [0.2, 0.25) is 0 Å². The van der Waals surface area contributed by atoms with Gasteiger partial charge in [-0.1, -0.05) is 31.0 Å². The third-order valence-corrected chi connectivity index (χ3v) is 6.02. The topological polar surface area (TPSA) is 23.5 Å². The van der Waals surface area contributed by atoms with Crippen molar-refractivity contribution in [3.63, 3.8) is 0 Å². The SMILES string of the molecule is O[C@@H]1CCCCC1N1CCC(c2ccccc2I)CC1. The highest BCUT2D eigenvalue weighted by molar-refractivity contribution is 14.1. The Morgan fingerprint density at radius 2 is 1.70 bits per heavy atom. The number of rotatable bonds is 2. The zero-order valence-corrected chi connectivity index (χ0v) is 14.1. The van der Waals surface area contributed by atoms with E-state index in [0.29, 0.717) is 12.0 Å². The second-order valence-electron chi connectivity index (χ2n) is 6.25. The van der Waals surface area contributed by atoms with E-state index in [1.165, 1.54) is 41.2 Å². The highest BCUT2D eigenvalue weighted by atomic mass is 127. The molecular formula is C17H24INO. The van der Waals surface area contributed by atoms with E-state index >= 15 is 0 Å². The lowest BCUT2D eigenvalue weighted by atomic mass is 9.86. The monoisotopic (exact) mass is 385 g/mol. The van der Waals surface area contributed by atoms with E-state index in [4.69, 9.17) is 0 Å². The third-order valence-electron chi connectivity index (χ3n) is 5.04. The second kappa shape index (κ2) is 6.75. The smallest absolute Gasteiger partial charge is 0.0695 e. The van der Waals surface area contributed by atoms with E-state index in [1.807, 2.05) is 0 Å². The van der Waals surface area contributed by atoms with Crippen LogP contribution in [0.5, 0.6) is 0 Å². The van der Waals surface area contributed by atoms with E-state index in [9.17, 15) is 5.11 Å². The molecule has 2 atom stereocenters. The van der Waals surface area contributed by atoms with Gasteiger partial charge in [0.15, 0.2) is 0 Å². The summed E-state index contributed by atoms with van der Waals surface area (Å²) < 4.78 is 1.40. The van der Waals surface area contributed by atoms with Crippen LogP contribution in [-0.4, -0.2) is 35.2 Å². The molecule has 3 heteroatoms. The Bertz CT molecular complexity index is 442. The average molecular weight is 385 g/mol. The summed E-state index contributed by atoms with van der Waals surface area (Å²) in [7, 11) is 0. The van der Waals surface area contributed by atoms with Gasteiger partial charge in [-0.15, -0.1) is 0 Å². The van der Waals surface area contributed by atoms with Crippen LogP contribution in [0.4, 0.5) is 0 Å². The summed E-state index contributed by atoms with van der Waals surface area (Å²) in [5.41, 5.74) is 1.52. The van der Waals surface area contributed by atoms with E-state index in [1.54, 1.807) is 0 Å². The molecule has 3 rings (SSSR count). The molecule has 0 spiro atoms. The molecule has 1 N–H and O–H groups in total. The van der Waals surface area contributed by atoms with Crippen molar-refractivity contribution in [3.8, 4) is 0 Å². The highest BCUT2D eigenvalue weighted by Gasteiger charge is 2.31. The number of hydrogen-bond donors (Lipinski definition) is 1. The van der Waals surface area contributed by atoms with Crippen molar-refractivity contribution in [2.45, 2.75) is 56.6 Å². The number of nitrogens with zero attached hydrogens (tertiary/aromatic N) is 1. The van der Waals surface area contributed by atoms with Gasteiger partial charge in [0.05, 0.1) is 6.10 Å². The van der Waals surface area contributed by atoms with Crippen molar-refractivity contribution < 1.29 is 5.11 Å². The summed E-state index contributed by atoms with van der Waals surface area (Å²) in [6.07, 6.45) is 7.08. The predicted molar refractivity (Wildman–Crippen MR) is 91.0 cm³/mol. The maximum Gasteiger partial charge on any atom is 0.0695 e. The van der Waals surface area contributed by atoms with Gasteiger partial charge in [-0.2, -0.15) is 0 Å². The van der Waals surface area contributed by atoms with Crippen LogP contribution in [0.3, 0.4) is 0 Å². The molecule has 0 aromatic heterocycles. The summed E-state index contributed by atoms with van der Waals surface area (Å²) in [6.45, 7) is 2.30. The number of hydrogen-bond acceptors (Lipinski definition) is 2. The van der Waals surface area contributed by atoms with Gasteiger partial charge in [0.1, 0.15) is 0 Å². The number of likely N-dealkylation sites (tertiary alicyclic amines) is 1. The Morgan fingerprint density at radius 1 is 1.00 bits per heavy atom. The molecule has 2 aliphatic rings. The van der Waals surface area contributed by atoms with E-state index < -0.39 is 0 Å². The van der Waals surface area contributed by atoms with Gasteiger partial charge in [0.25, 0.3) is 0 Å². The van der Waals surface area contributed by atoms with Gasteiger partial charge in [-0.3, -0.25) is 4.90 Å². The molecule has 20 heavy (non-hydrogen) atoms. The van der Waals surface area contributed by atoms with Crippen LogP contribution in [0, 0.1) is 3.57 Å². The molecule has 1 aliphatic heterocycles. The normalized spacial score (nSPS) is 29.5. The number of benzene rings is 1. The molecule has 1 aliphatic carbocycles. The molecular weight excluding hydrogens is 361 g/mol. The molecule has 0 amide bonds. The molecule has 1 saturated heterocycles. The number of piperidine rings is 1. The largest absolute Gasteiger partial charge is 0.391 e. The fourth-order valence-electron chi connectivity index (χ4n) is 3.87. The van der Waals surface area contributed by atoms with Crippen molar-refractivity contribution in [3.05, 3.63) is 33.4 Å². The lowest BCUT2D eigenvalue weighted by Crippen LogP contribution is -2.48. The number of aliphatic hydroxyl groups excluding tert-OH is 1. The van der Waals surface area contributed by atoms with E-state index in [2.05, 4.69) is 51.8 Å². The maximum absolute atomic E-state index is 10.2. The van der Waals surface area contributed by atoms with Crippen LogP contribution < -0.4 is 0 Å². The van der Waals surface area contributed by atoms with Crippen molar-refractivity contribution in [1.82, 2.24) is 4.90 Å². The Balaban J connectivity index is 1.61. The maximum atomic E-state index is 10.2. The molecule has 1 aromatic carbocycles. The minimum Gasteiger partial charge on any atom is -0.391 e. The first-order chi connectivity index (χ1) is 9.75. The Hall–Kier alpha value is -0.130. The minimum atomic E-state index is -0.0860. The highest BCUT2D eigenvalue weighted by Crippen LogP contribution is 2.33. The second-order valence-corrected chi connectivity index (χ2v) is 7.41. The molecule has 2 fully saturated rings. The average Bonchev–Trinajstić information content (AvgIpc) is 2.49. The van der Waals surface area contributed by atoms with Crippen molar-refractivity contribution in [2.75, 3.05) is 13.1 Å². The number of aliphatic hydroxyl groups is 1. The Labute approximate surface area is 135 Å². The molecule has 110 valence electrons. The fourth-order valence-corrected chi connectivity index (χ4v) is 4.69. The molecule has 2 nitrogen and oxygen atoms in total. The lowest BCUT2D eigenvalue weighted by Gasteiger charge is -2.41. The standard InChI is InChI=1S/C17H24INO/c18-15-6-2-1-5-14(15)13-9-11-19(12-10-13)16-7-3-4-8-17(16)20/h1-2,5-6,13,16-17,20H,3-4,7-12H2/t16?,17-/m1/s1. The molecule has 0 radical (unpaired) electrons. The molecule has 1 aromatic rings. The first-order valence-electron chi connectivity index (χ1n) is 7.92. The quantitative estimate of drug-likeness (QED) is 0.784. The van der Waals surface area contributed by atoms with Crippen LogP contribution in [-0.2, 0) is 0 Å².